The molecule has 2 bridgehead atoms. The lowest BCUT2D eigenvalue weighted by molar-refractivity contribution is -0.150. The van der Waals surface area contributed by atoms with Crippen LogP contribution in [0.3, 0.4) is 0 Å². The number of aliphatic hydroxyl groups excluding tert-OH is 1. The third-order valence-electron chi connectivity index (χ3n) is 10.7. The number of carbonyl (C=O) groups is 3. The van der Waals surface area contributed by atoms with Crippen LogP contribution in [0.2, 0.25) is 0 Å². The zero-order chi connectivity index (χ0) is 33.5. The van der Waals surface area contributed by atoms with Crippen LogP contribution in [-0.4, -0.2) is 70.7 Å². The first kappa shape index (κ1) is 32.7. The third-order valence-corrected chi connectivity index (χ3v) is 10.7. The molecule has 0 saturated carbocycles. The van der Waals surface area contributed by atoms with Gasteiger partial charge in [0.05, 0.1) is 30.1 Å². The van der Waals surface area contributed by atoms with E-state index in [1.165, 1.54) is 0 Å². The summed E-state index contributed by atoms with van der Waals surface area (Å²) in [7, 11) is 0. The number of carbonyl (C=O) groups excluding carboxylic acids is 3. The third kappa shape index (κ3) is 5.09. The maximum absolute atomic E-state index is 15.1. The number of benzene rings is 3. The summed E-state index contributed by atoms with van der Waals surface area (Å²) in [6.45, 7) is 13.9. The number of hydrogen-bond donors (Lipinski definition) is 1. The Morgan fingerprint density at radius 1 is 0.936 bits per heavy atom. The number of anilines is 2. The topological polar surface area (TPSA) is 90.4 Å². The van der Waals surface area contributed by atoms with Crippen molar-refractivity contribution in [1.82, 2.24) is 4.90 Å². The van der Waals surface area contributed by atoms with Gasteiger partial charge in [0.1, 0.15) is 11.6 Å². The number of aliphatic hydroxyl groups is 1. The minimum absolute atomic E-state index is 0.156. The molecule has 47 heavy (non-hydrogen) atoms. The van der Waals surface area contributed by atoms with Crippen LogP contribution in [0.5, 0.6) is 0 Å². The van der Waals surface area contributed by atoms with E-state index in [4.69, 9.17) is 4.74 Å². The highest BCUT2D eigenvalue weighted by molar-refractivity contribution is 6.07. The maximum Gasteiger partial charge on any atom is 0.253 e. The van der Waals surface area contributed by atoms with Crippen molar-refractivity contribution < 1.29 is 24.2 Å². The molecule has 0 aliphatic carbocycles. The number of ether oxygens (including phenoxy) is 1. The number of para-hydroxylation sites is 1. The van der Waals surface area contributed by atoms with E-state index in [2.05, 4.69) is 13.2 Å². The summed E-state index contributed by atoms with van der Waals surface area (Å²) in [5, 5.41) is 12.7. The smallest absolute Gasteiger partial charge is 0.253 e. The summed E-state index contributed by atoms with van der Waals surface area (Å²) >= 11 is 0. The van der Waals surface area contributed by atoms with Crippen LogP contribution in [0.25, 0.3) is 10.8 Å². The number of rotatable bonds is 12. The van der Waals surface area contributed by atoms with Crippen LogP contribution in [0.4, 0.5) is 11.4 Å². The van der Waals surface area contributed by atoms with Crippen molar-refractivity contribution >= 4 is 39.9 Å². The van der Waals surface area contributed by atoms with E-state index in [0.717, 1.165) is 10.8 Å². The predicted molar refractivity (Wildman–Crippen MR) is 185 cm³/mol. The molecule has 8 nitrogen and oxygen atoms in total. The van der Waals surface area contributed by atoms with Crippen molar-refractivity contribution in [3.05, 3.63) is 98.1 Å². The maximum atomic E-state index is 15.1. The van der Waals surface area contributed by atoms with Gasteiger partial charge in [0.25, 0.3) is 5.91 Å². The number of likely N-dealkylation sites (tertiary alicyclic amines) is 1. The van der Waals surface area contributed by atoms with E-state index in [0.29, 0.717) is 30.6 Å². The first-order valence-electron chi connectivity index (χ1n) is 16.7. The molecule has 3 fully saturated rings. The molecule has 3 aromatic carbocycles. The molecule has 6 rings (SSSR count). The first-order valence-corrected chi connectivity index (χ1v) is 16.7. The summed E-state index contributed by atoms with van der Waals surface area (Å²) in [6.07, 6.45) is 4.87. The summed E-state index contributed by atoms with van der Waals surface area (Å²) in [4.78, 5) is 49.7. The normalized spacial score (nSPS) is 26.8. The Hall–Kier alpha value is -4.27. The second-order valence-electron chi connectivity index (χ2n) is 13.4. The zero-order valence-corrected chi connectivity index (χ0v) is 27.5. The number of fused-ring (bicyclic) bond motifs is 2. The van der Waals surface area contributed by atoms with Gasteiger partial charge in [0.2, 0.25) is 11.8 Å². The summed E-state index contributed by atoms with van der Waals surface area (Å²) in [5.74, 6) is -2.68. The van der Waals surface area contributed by atoms with E-state index in [1.54, 1.807) is 26.9 Å². The molecule has 1 N–H and O–H groups in total. The fourth-order valence-electron chi connectivity index (χ4n) is 8.46. The van der Waals surface area contributed by atoms with Gasteiger partial charge in [-0.15, -0.1) is 13.2 Å². The van der Waals surface area contributed by atoms with Crippen molar-refractivity contribution in [3.63, 3.8) is 0 Å². The molecule has 3 aromatic rings. The number of amides is 3. The van der Waals surface area contributed by atoms with Crippen molar-refractivity contribution in [2.75, 3.05) is 29.5 Å². The molecule has 2 unspecified atom stereocenters. The molecule has 3 aliphatic heterocycles. The van der Waals surface area contributed by atoms with E-state index in [-0.39, 0.29) is 43.3 Å². The molecule has 0 radical (unpaired) electrons. The molecule has 3 heterocycles. The Bertz CT molecular complexity index is 1690. The van der Waals surface area contributed by atoms with Crippen LogP contribution in [0, 0.1) is 17.8 Å². The average molecular weight is 636 g/mol. The Balaban J connectivity index is 1.49. The van der Waals surface area contributed by atoms with Gasteiger partial charge in [-0.3, -0.25) is 14.4 Å². The second kappa shape index (κ2) is 12.7. The van der Waals surface area contributed by atoms with Gasteiger partial charge in [0.15, 0.2) is 0 Å². The molecular formula is C39H45N3O5. The van der Waals surface area contributed by atoms with E-state index < -0.39 is 35.1 Å². The van der Waals surface area contributed by atoms with Gasteiger partial charge < -0.3 is 24.5 Å². The first-order chi connectivity index (χ1) is 22.7. The summed E-state index contributed by atoms with van der Waals surface area (Å²) in [5.41, 5.74) is -0.758. The van der Waals surface area contributed by atoms with E-state index in [1.807, 2.05) is 93.6 Å². The summed E-state index contributed by atoms with van der Waals surface area (Å²) < 4.78 is 7.07. The van der Waals surface area contributed by atoms with Crippen molar-refractivity contribution in [3.8, 4) is 0 Å². The van der Waals surface area contributed by atoms with Gasteiger partial charge in [-0.2, -0.15) is 0 Å². The molecular weight excluding hydrogens is 590 g/mol. The minimum atomic E-state index is -1.24. The van der Waals surface area contributed by atoms with Gasteiger partial charge in [-0.25, -0.2) is 0 Å². The standard InChI is InChI=1S/C39H45N3O5/c1-6-22-40(29-16-10-9-11-17-29)35(44)32-33-36(45)42(31(25-43)26(4)5)34(39(33)21-20-38(32,8-3)47-39)37(46)41(23-7-2)30-19-18-27-14-12-13-15-28(27)24-30/h6-7,9-19,24,26,31-34,43H,1-2,8,20-23,25H2,3-5H3/t31-,32-,33-,34?,38+,39?/m0/s1. The SMILES string of the molecule is C=CCN(C(=O)C1N([C@@H](CO)C(C)C)C(=O)[C@@H]2[C@@H](C(=O)N(CC=C)c3ccccc3)[C@@]3(CC)CCC12O3)c1ccc2ccccc2c1. The lowest BCUT2D eigenvalue weighted by atomic mass is 9.64. The van der Waals surface area contributed by atoms with Crippen LogP contribution in [0.1, 0.15) is 40.0 Å². The monoisotopic (exact) mass is 635 g/mol. The predicted octanol–water partition coefficient (Wildman–Crippen LogP) is 5.75. The molecule has 3 amide bonds. The highest BCUT2D eigenvalue weighted by Crippen LogP contribution is 2.65. The molecule has 246 valence electrons. The van der Waals surface area contributed by atoms with Gasteiger partial charge >= 0.3 is 0 Å². The zero-order valence-electron chi connectivity index (χ0n) is 27.5. The van der Waals surface area contributed by atoms with Crippen LogP contribution in [0.15, 0.2) is 98.1 Å². The minimum Gasteiger partial charge on any atom is -0.394 e. The Labute approximate surface area is 277 Å². The lowest BCUT2D eigenvalue weighted by Gasteiger charge is -2.40. The van der Waals surface area contributed by atoms with Crippen molar-refractivity contribution in [2.24, 2.45) is 17.8 Å². The van der Waals surface area contributed by atoms with Crippen molar-refractivity contribution in [2.45, 2.75) is 63.3 Å². The number of nitrogens with zero attached hydrogens (tertiary/aromatic N) is 3. The molecule has 6 atom stereocenters. The van der Waals surface area contributed by atoms with Crippen molar-refractivity contribution in [1.29, 1.82) is 0 Å². The van der Waals surface area contributed by atoms with Crippen LogP contribution >= 0.6 is 0 Å². The van der Waals surface area contributed by atoms with Crippen LogP contribution in [-0.2, 0) is 19.1 Å². The quantitative estimate of drug-likeness (QED) is 0.256. The van der Waals surface area contributed by atoms with Crippen LogP contribution < -0.4 is 9.80 Å². The number of hydrogen-bond acceptors (Lipinski definition) is 5. The fourth-order valence-corrected chi connectivity index (χ4v) is 8.46. The van der Waals surface area contributed by atoms with Gasteiger partial charge in [-0.1, -0.05) is 81.5 Å². The fraction of sp³-hybridized carbons (Fsp3) is 0.410. The molecule has 8 heteroatoms. The average Bonchev–Trinajstić information content (AvgIpc) is 3.69. The molecule has 0 aromatic heterocycles. The highest BCUT2D eigenvalue weighted by atomic mass is 16.5. The van der Waals surface area contributed by atoms with Gasteiger partial charge in [-0.05, 0) is 60.2 Å². The Morgan fingerprint density at radius 2 is 1.57 bits per heavy atom. The largest absolute Gasteiger partial charge is 0.394 e. The van der Waals surface area contributed by atoms with E-state index >= 15 is 4.79 Å². The van der Waals surface area contributed by atoms with E-state index in [9.17, 15) is 14.7 Å². The second-order valence-corrected chi connectivity index (χ2v) is 13.4. The molecule has 1 spiro atoms. The molecule has 3 saturated heterocycles. The Kier molecular flexibility index (Phi) is 8.85. The lowest BCUT2D eigenvalue weighted by Crippen LogP contribution is -2.60. The Morgan fingerprint density at radius 3 is 2.19 bits per heavy atom. The molecule has 3 aliphatic rings. The van der Waals surface area contributed by atoms with Gasteiger partial charge in [0, 0.05) is 24.5 Å². The highest BCUT2D eigenvalue weighted by Gasteiger charge is 2.79. The summed E-state index contributed by atoms with van der Waals surface area (Å²) in [6, 6.07) is 21.5.